The Morgan fingerprint density at radius 3 is 2.50 bits per heavy atom. The van der Waals surface area contributed by atoms with Crippen LogP contribution < -0.4 is 26.8 Å². The third-order valence-corrected chi connectivity index (χ3v) is 11.3. The molecular formula is C41H45FN6O8. The number of halogens is 1. The summed E-state index contributed by atoms with van der Waals surface area (Å²) >= 11 is 0. The number of pyridine rings is 2. The fourth-order valence-corrected chi connectivity index (χ4v) is 8.10. The van der Waals surface area contributed by atoms with Gasteiger partial charge < -0.3 is 40.4 Å². The SMILES string of the molecule is CC[C@@]1(O)C(=O)OCc2c1cc1n(c2=O)Cc2c-1nc1cc(F)c(C)c3c1c2[C@@H](NC(=O)OCc1ccc(NC(=O)[C@H](C)NC(=O)[C@@H](NC)C(C)C)cc1)CC3. The molecule has 15 heteroatoms. The van der Waals surface area contributed by atoms with Crippen LogP contribution in [-0.2, 0) is 55.6 Å². The minimum atomic E-state index is -2.00. The third-order valence-electron chi connectivity index (χ3n) is 11.3. The number of carbonyl (C=O) groups excluding carboxylic acids is 4. The van der Waals surface area contributed by atoms with Gasteiger partial charge in [0.2, 0.25) is 11.8 Å². The molecule has 0 saturated heterocycles. The number of aliphatic hydroxyl groups is 1. The Balaban J connectivity index is 1.10. The summed E-state index contributed by atoms with van der Waals surface area (Å²) in [6, 6.07) is 7.94. The van der Waals surface area contributed by atoms with Gasteiger partial charge in [-0.25, -0.2) is 19.0 Å². The topological polar surface area (TPSA) is 190 Å². The minimum Gasteiger partial charge on any atom is -0.458 e. The van der Waals surface area contributed by atoms with Gasteiger partial charge in [-0.1, -0.05) is 32.9 Å². The van der Waals surface area contributed by atoms with E-state index in [-0.39, 0.29) is 55.0 Å². The predicted molar refractivity (Wildman–Crippen MR) is 204 cm³/mol. The highest BCUT2D eigenvalue weighted by atomic mass is 19.1. The Kier molecular flexibility index (Phi) is 10.2. The number of fused-ring (bicyclic) bond motifs is 5. The number of esters is 1. The first kappa shape index (κ1) is 38.6. The molecule has 0 radical (unpaired) electrons. The van der Waals surface area contributed by atoms with Crippen LogP contribution in [0.4, 0.5) is 14.9 Å². The first-order chi connectivity index (χ1) is 26.7. The van der Waals surface area contributed by atoms with Crippen molar-refractivity contribution < 1.29 is 38.1 Å². The number of hydrogen-bond donors (Lipinski definition) is 5. The molecule has 7 rings (SSSR count). The van der Waals surface area contributed by atoms with Gasteiger partial charge in [0.1, 0.15) is 25.1 Å². The van der Waals surface area contributed by atoms with Crippen LogP contribution in [0.5, 0.6) is 0 Å². The van der Waals surface area contributed by atoms with E-state index in [1.165, 1.54) is 10.6 Å². The van der Waals surface area contributed by atoms with Crippen molar-refractivity contribution in [1.82, 2.24) is 25.5 Å². The van der Waals surface area contributed by atoms with Crippen LogP contribution in [0.3, 0.4) is 0 Å². The summed E-state index contributed by atoms with van der Waals surface area (Å²) in [6.07, 6.45) is 0.194. The number of nitrogens with zero attached hydrogens (tertiary/aromatic N) is 2. The number of carbonyl (C=O) groups is 4. The number of alkyl carbamates (subject to hydrolysis) is 1. The Morgan fingerprint density at radius 2 is 1.82 bits per heavy atom. The van der Waals surface area contributed by atoms with Crippen LogP contribution in [0.2, 0.25) is 0 Å². The zero-order valence-electron chi connectivity index (χ0n) is 32.1. The van der Waals surface area contributed by atoms with Crippen molar-refractivity contribution in [1.29, 1.82) is 0 Å². The van der Waals surface area contributed by atoms with Gasteiger partial charge in [-0.2, -0.15) is 0 Å². The summed E-state index contributed by atoms with van der Waals surface area (Å²) in [6.45, 7) is 8.53. The fraction of sp³-hybridized carbons (Fsp3) is 0.415. The molecule has 2 aromatic heterocycles. The van der Waals surface area contributed by atoms with Crippen LogP contribution in [0.25, 0.3) is 22.3 Å². The van der Waals surface area contributed by atoms with Crippen molar-refractivity contribution in [2.24, 2.45) is 5.92 Å². The molecule has 0 saturated carbocycles. The molecule has 0 spiro atoms. The average Bonchev–Trinajstić information content (AvgIpc) is 3.54. The molecule has 0 unspecified atom stereocenters. The Hall–Kier alpha value is -5.67. The molecule has 5 N–H and O–H groups in total. The number of cyclic esters (lactones) is 1. The van der Waals surface area contributed by atoms with Crippen molar-refractivity contribution >= 4 is 40.5 Å². The van der Waals surface area contributed by atoms with Gasteiger partial charge in [0.05, 0.1) is 41.1 Å². The highest BCUT2D eigenvalue weighted by molar-refractivity contribution is 5.98. The Labute approximate surface area is 322 Å². The summed E-state index contributed by atoms with van der Waals surface area (Å²) < 4.78 is 27.6. The number of ether oxygens (including phenoxy) is 2. The maximum atomic E-state index is 15.3. The molecule has 4 atom stereocenters. The first-order valence-corrected chi connectivity index (χ1v) is 18.8. The highest BCUT2D eigenvalue weighted by Gasteiger charge is 2.46. The number of aromatic nitrogens is 2. The van der Waals surface area contributed by atoms with Crippen LogP contribution in [0.1, 0.15) is 85.5 Å². The zero-order chi connectivity index (χ0) is 40.2. The maximum Gasteiger partial charge on any atom is 0.407 e. The number of anilines is 1. The van der Waals surface area contributed by atoms with Gasteiger partial charge in [0.25, 0.3) is 5.56 Å². The van der Waals surface area contributed by atoms with Gasteiger partial charge in [-0.05, 0) is 86.5 Å². The van der Waals surface area contributed by atoms with Crippen LogP contribution in [0, 0.1) is 18.7 Å². The second-order valence-electron chi connectivity index (χ2n) is 15.1. The van der Waals surface area contributed by atoms with E-state index in [1.54, 1.807) is 58.2 Å². The van der Waals surface area contributed by atoms with E-state index in [4.69, 9.17) is 14.5 Å². The summed E-state index contributed by atoms with van der Waals surface area (Å²) in [5.74, 6) is -1.86. The predicted octanol–water partition coefficient (Wildman–Crippen LogP) is 4.13. The number of amides is 3. The molecule has 3 amide bonds. The van der Waals surface area contributed by atoms with Crippen LogP contribution in [-0.4, -0.2) is 57.7 Å². The molecule has 2 aromatic carbocycles. The smallest absolute Gasteiger partial charge is 0.407 e. The van der Waals surface area contributed by atoms with Gasteiger partial charge in [-0.15, -0.1) is 0 Å². The Bertz CT molecular complexity index is 2360. The minimum absolute atomic E-state index is 0.00967. The zero-order valence-corrected chi connectivity index (χ0v) is 32.1. The summed E-state index contributed by atoms with van der Waals surface area (Å²) in [5, 5.41) is 23.5. The molecule has 4 heterocycles. The van der Waals surface area contributed by atoms with Crippen molar-refractivity contribution in [3.8, 4) is 11.4 Å². The molecule has 14 nitrogen and oxygen atoms in total. The van der Waals surface area contributed by atoms with Crippen molar-refractivity contribution in [3.63, 3.8) is 0 Å². The second kappa shape index (κ2) is 14.8. The number of benzene rings is 2. The summed E-state index contributed by atoms with van der Waals surface area (Å²) in [5.41, 5.74) is 2.88. The quantitative estimate of drug-likeness (QED) is 0.129. The second-order valence-corrected chi connectivity index (χ2v) is 15.1. The molecule has 0 fully saturated rings. The van der Waals surface area contributed by atoms with E-state index >= 15 is 4.39 Å². The van der Waals surface area contributed by atoms with Crippen LogP contribution in [0.15, 0.2) is 41.2 Å². The van der Waals surface area contributed by atoms with Gasteiger partial charge in [-0.3, -0.25) is 14.4 Å². The molecule has 0 bridgehead atoms. The van der Waals surface area contributed by atoms with Crippen molar-refractivity contribution in [3.05, 3.63) is 91.5 Å². The average molecular weight is 769 g/mol. The molecule has 4 aromatic rings. The van der Waals surface area contributed by atoms with Gasteiger partial charge >= 0.3 is 12.1 Å². The summed E-state index contributed by atoms with van der Waals surface area (Å²) in [7, 11) is 1.69. The van der Waals surface area contributed by atoms with Crippen molar-refractivity contribution in [2.75, 3.05) is 12.4 Å². The van der Waals surface area contributed by atoms with E-state index in [9.17, 15) is 29.1 Å². The van der Waals surface area contributed by atoms with Crippen LogP contribution >= 0.6 is 0 Å². The number of aryl methyl sites for hydroxylation is 1. The lowest BCUT2D eigenvalue weighted by Crippen LogP contribution is -2.51. The van der Waals surface area contributed by atoms with E-state index in [0.717, 1.165) is 5.56 Å². The van der Waals surface area contributed by atoms with E-state index in [2.05, 4.69) is 21.3 Å². The van der Waals surface area contributed by atoms with E-state index in [1.807, 2.05) is 13.8 Å². The first-order valence-electron chi connectivity index (χ1n) is 18.8. The third kappa shape index (κ3) is 6.57. The summed E-state index contributed by atoms with van der Waals surface area (Å²) in [4.78, 5) is 70.1. The molecule has 56 heavy (non-hydrogen) atoms. The number of hydrogen-bond acceptors (Lipinski definition) is 10. The Morgan fingerprint density at radius 1 is 1.09 bits per heavy atom. The standard InChI is InChI=1S/C41H45FN6O8/c1-7-41(54)27-14-31-35-25(16-48(31)38(51)26(27)18-55-39(41)52)33-29(13-12-24-20(4)28(42)15-30(46-35)32(24)33)47-40(53)56-17-22-8-10-23(11-9-22)45-36(49)21(5)44-37(50)34(43-6)19(2)3/h8-11,14-15,19,21,29,34,43,54H,7,12-13,16-18H2,1-6H3,(H,44,50)(H,45,49)(H,47,53)/t21-,29-,34-,41-/m0/s1. The highest BCUT2D eigenvalue weighted by Crippen LogP contribution is 2.46. The fourth-order valence-electron chi connectivity index (χ4n) is 8.10. The van der Waals surface area contributed by atoms with Crippen molar-refractivity contribution in [2.45, 2.75) is 97.4 Å². The van der Waals surface area contributed by atoms with Gasteiger partial charge in [0, 0.05) is 28.3 Å². The molecule has 1 aliphatic carbocycles. The lowest BCUT2D eigenvalue weighted by atomic mass is 9.81. The lowest BCUT2D eigenvalue weighted by molar-refractivity contribution is -0.172. The molecular weight excluding hydrogens is 723 g/mol. The molecule has 2 aliphatic heterocycles. The normalized spacial score (nSPS) is 19.0. The number of rotatable bonds is 10. The maximum absolute atomic E-state index is 15.3. The lowest BCUT2D eigenvalue weighted by Gasteiger charge is -2.31. The molecule has 294 valence electrons. The monoisotopic (exact) mass is 768 g/mol. The van der Waals surface area contributed by atoms with Gasteiger partial charge in [0.15, 0.2) is 5.60 Å². The van der Waals surface area contributed by atoms with E-state index in [0.29, 0.717) is 63.1 Å². The van der Waals surface area contributed by atoms with E-state index < -0.39 is 47.2 Å². The number of nitrogens with one attached hydrogen (secondary N) is 4. The number of likely N-dealkylation sites (N-methyl/N-ethyl adjacent to an activating group) is 1. The molecule has 3 aliphatic rings. The largest absolute Gasteiger partial charge is 0.458 e.